The van der Waals surface area contributed by atoms with Gasteiger partial charge in [-0.25, -0.2) is 0 Å². The van der Waals surface area contributed by atoms with Crippen LogP contribution in [0.15, 0.2) is 12.4 Å². The highest BCUT2D eigenvalue weighted by atomic mass is 16.3. The molecular weight excluding hydrogens is 176 g/mol. The molecule has 0 fully saturated rings. The van der Waals surface area contributed by atoms with Gasteiger partial charge in [-0.15, -0.1) is 0 Å². The highest BCUT2D eigenvalue weighted by Crippen LogP contribution is 2.30. The lowest BCUT2D eigenvalue weighted by molar-refractivity contribution is 0.0979. The number of hydrogen-bond donors (Lipinski definition) is 1. The van der Waals surface area contributed by atoms with Crippen LogP contribution in [-0.4, -0.2) is 15.1 Å². The van der Waals surface area contributed by atoms with Gasteiger partial charge in [-0.3, -0.25) is 9.97 Å². The standard InChI is InChI=1S/C9H12N2O.C2H6/c1-6-2-3-7-8(9(6)12)11-5-4-10-7;1-2/h4-6,9,12H,2-3H2,1H3;1-2H3. The van der Waals surface area contributed by atoms with Crippen LogP contribution in [0.1, 0.15) is 44.7 Å². The molecule has 0 saturated carbocycles. The summed E-state index contributed by atoms with van der Waals surface area (Å²) in [6.45, 7) is 6.04. The summed E-state index contributed by atoms with van der Waals surface area (Å²) >= 11 is 0. The van der Waals surface area contributed by atoms with Crippen molar-refractivity contribution in [3.8, 4) is 0 Å². The molecule has 78 valence electrons. The fourth-order valence-corrected chi connectivity index (χ4v) is 1.61. The quantitative estimate of drug-likeness (QED) is 0.688. The molecule has 2 unspecified atom stereocenters. The molecule has 2 atom stereocenters. The van der Waals surface area contributed by atoms with E-state index >= 15 is 0 Å². The van der Waals surface area contributed by atoms with Crippen LogP contribution in [0.4, 0.5) is 0 Å². The van der Waals surface area contributed by atoms with E-state index in [0.717, 1.165) is 24.2 Å². The normalized spacial score (nSPS) is 24.6. The highest BCUT2D eigenvalue weighted by molar-refractivity contribution is 5.17. The average Bonchev–Trinajstić information content (AvgIpc) is 2.27. The van der Waals surface area contributed by atoms with Gasteiger partial charge in [0.2, 0.25) is 0 Å². The molecule has 0 saturated heterocycles. The van der Waals surface area contributed by atoms with Gasteiger partial charge < -0.3 is 5.11 Å². The molecule has 1 N–H and O–H groups in total. The third-order valence-electron chi connectivity index (χ3n) is 2.46. The molecule has 3 heteroatoms. The number of aliphatic hydroxyl groups is 1. The number of aliphatic hydroxyl groups excluding tert-OH is 1. The van der Waals surface area contributed by atoms with E-state index in [9.17, 15) is 5.11 Å². The van der Waals surface area contributed by atoms with E-state index in [1.807, 2.05) is 20.8 Å². The Hall–Kier alpha value is -0.960. The van der Waals surface area contributed by atoms with Crippen molar-refractivity contribution in [1.29, 1.82) is 0 Å². The molecule has 3 nitrogen and oxygen atoms in total. The van der Waals surface area contributed by atoms with Crippen molar-refractivity contribution in [2.75, 3.05) is 0 Å². The minimum Gasteiger partial charge on any atom is -0.386 e. The molecule has 14 heavy (non-hydrogen) atoms. The summed E-state index contributed by atoms with van der Waals surface area (Å²) in [5.74, 6) is 0.314. The molecule has 1 aliphatic carbocycles. The molecule has 1 heterocycles. The third kappa shape index (κ3) is 2.10. The Morgan fingerprint density at radius 3 is 2.64 bits per heavy atom. The van der Waals surface area contributed by atoms with Crippen molar-refractivity contribution in [3.63, 3.8) is 0 Å². The largest absolute Gasteiger partial charge is 0.386 e. The van der Waals surface area contributed by atoms with Crippen LogP contribution in [0.5, 0.6) is 0 Å². The first-order valence-electron chi connectivity index (χ1n) is 5.27. The molecule has 0 amide bonds. The lowest BCUT2D eigenvalue weighted by Gasteiger charge is -2.24. The minimum atomic E-state index is -0.414. The van der Waals surface area contributed by atoms with Crippen molar-refractivity contribution in [1.82, 2.24) is 9.97 Å². The van der Waals surface area contributed by atoms with Crippen molar-refractivity contribution < 1.29 is 5.11 Å². The maximum Gasteiger partial charge on any atom is 0.100 e. The first kappa shape index (κ1) is 11.1. The van der Waals surface area contributed by atoms with Gasteiger partial charge in [-0.2, -0.15) is 0 Å². The number of fused-ring (bicyclic) bond motifs is 1. The zero-order valence-corrected chi connectivity index (χ0v) is 9.07. The third-order valence-corrected chi connectivity index (χ3v) is 2.46. The SMILES string of the molecule is CC.CC1CCc2nccnc2C1O. The molecular formula is C11H18N2O. The van der Waals surface area contributed by atoms with Crippen molar-refractivity contribution in [2.45, 2.75) is 39.7 Å². The van der Waals surface area contributed by atoms with E-state index in [1.54, 1.807) is 12.4 Å². The maximum atomic E-state index is 9.73. The summed E-state index contributed by atoms with van der Waals surface area (Å²) in [7, 11) is 0. The molecule has 1 aliphatic rings. The van der Waals surface area contributed by atoms with Gasteiger partial charge in [-0.05, 0) is 18.8 Å². The number of aromatic nitrogens is 2. The van der Waals surface area contributed by atoms with E-state index in [0.29, 0.717) is 5.92 Å². The summed E-state index contributed by atoms with van der Waals surface area (Å²) in [6.07, 6.45) is 4.86. The lowest BCUT2D eigenvalue weighted by atomic mass is 9.88. The second kappa shape index (κ2) is 5.05. The minimum absolute atomic E-state index is 0.314. The Morgan fingerprint density at radius 1 is 1.29 bits per heavy atom. The lowest BCUT2D eigenvalue weighted by Crippen LogP contribution is -2.20. The van der Waals surface area contributed by atoms with Gasteiger partial charge in [0.25, 0.3) is 0 Å². The van der Waals surface area contributed by atoms with Crippen molar-refractivity contribution in [3.05, 3.63) is 23.8 Å². The molecule has 0 spiro atoms. The maximum absolute atomic E-state index is 9.73. The second-order valence-electron chi connectivity index (χ2n) is 3.35. The van der Waals surface area contributed by atoms with Gasteiger partial charge >= 0.3 is 0 Å². The van der Waals surface area contributed by atoms with Crippen LogP contribution in [0.3, 0.4) is 0 Å². The zero-order chi connectivity index (χ0) is 10.6. The summed E-state index contributed by atoms with van der Waals surface area (Å²) in [5, 5.41) is 9.73. The second-order valence-corrected chi connectivity index (χ2v) is 3.35. The molecule has 0 radical (unpaired) electrons. The summed E-state index contributed by atoms with van der Waals surface area (Å²) < 4.78 is 0. The van der Waals surface area contributed by atoms with E-state index in [2.05, 4.69) is 9.97 Å². The predicted octanol–water partition coefficient (Wildman–Crippen LogP) is 2.12. The van der Waals surface area contributed by atoms with Gasteiger partial charge in [-0.1, -0.05) is 20.8 Å². The topological polar surface area (TPSA) is 46.0 Å². The van der Waals surface area contributed by atoms with Crippen LogP contribution >= 0.6 is 0 Å². The molecule has 0 aliphatic heterocycles. The fraction of sp³-hybridized carbons (Fsp3) is 0.636. The molecule has 0 aromatic carbocycles. The Balaban J connectivity index is 0.000000461. The molecule has 1 aromatic rings. The monoisotopic (exact) mass is 194 g/mol. The highest BCUT2D eigenvalue weighted by Gasteiger charge is 2.26. The van der Waals surface area contributed by atoms with E-state index < -0.39 is 6.10 Å². The first-order valence-corrected chi connectivity index (χ1v) is 5.27. The summed E-state index contributed by atoms with van der Waals surface area (Å²) in [4.78, 5) is 8.32. The Kier molecular flexibility index (Phi) is 4.01. The van der Waals surface area contributed by atoms with Crippen molar-refractivity contribution in [2.24, 2.45) is 5.92 Å². The van der Waals surface area contributed by atoms with Crippen LogP contribution in [0.2, 0.25) is 0 Å². The Bertz CT molecular complexity index is 288. The summed E-state index contributed by atoms with van der Waals surface area (Å²) in [6, 6.07) is 0. The van der Waals surface area contributed by atoms with Crippen LogP contribution in [0.25, 0.3) is 0 Å². The van der Waals surface area contributed by atoms with E-state index in [1.165, 1.54) is 0 Å². The van der Waals surface area contributed by atoms with Gasteiger partial charge in [0.05, 0.1) is 11.4 Å². The molecule has 1 aromatic heterocycles. The zero-order valence-electron chi connectivity index (χ0n) is 9.07. The van der Waals surface area contributed by atoms with Crippen LogP contribution in [-0.2, 0) is 6.42 Å². The number of hydrogen-bond acceptors (Lipinski definition) is 3. The van der Waals surface area contributed by atoms with Crippen LogP contribution in [0, 0.1) is 5.92 Å². The Labute approximate surface area is 85.2 Å². The number of rotatable bonds is 0. The van der Waals surface area contributed by atoms with E-state index in [4.69, 9.17) is 0 Å². The molecule has 0 bridgehead atoms. The van der Waals surface area contributed by atoms with Crippen LogP contribution < -0.4 is 0 Å². The number of aryl methyl sites for hydroxylation is 1. The van der Waals surface area contributed by atoms with Gasteiger partial charge in [0, 0.05) is 12.4 Å². The smallest absolute Gasteiger partial charge is 0.100 e. The van der Waals surface area contributed by atoms with E-state index in [-0.39, 0.29) is 0 Å². The average molecular weight is 194 g/mol. The Morgan fingerprint density at radius 2 is 1.93 bits per heavy atom. The predicted molar refractivity (Wildman–Crippen MR) is 55.8 cm³/mol. The van der Waals surface area contributed by atoms with Gasteiger partial charge in [0.15, 0.2) is 0 Å². The first-order chi connectivity index (χ1) is 6.79. The number of nitrogens with zero attached hydrogens (tertiary/aromatic N) is 2. The fourth-order valence-electron chi connectivity index (χ4n) is 1.61. The molecule has 2 rings (SSSR count). The van der Waals surface area contributed by atoms with Gasteiger partial charge in [0.1, 0.15) is 6.10 Å². The van der Waals surface area contributed by atoms with Crippen molar-refractivity contribution >= 4 is 0 Å². The summed E-state index contributed by atoms with van der Waals surface area (Å²) in [5.41, 5.74) is 1.74.